The zero-order valence-electron chi connectivity index (χ0n) is 13.8. The summed E-state index contributed by atoms with van der Waals surface area (Å²) in [6.07, 6.45) is 1.30. The summed E-state index contributed by atoms with van der Waals surface area (Å²) < 4.78 is 5.09. The Hall–Kier alpha value is -4.01. The van der Waals surface area contributed by atoms with Gasteiger partial charge in [-0.15, -0.1) is 0 Å². The topological polar surface area (TPSA) is 137 Å². The minimum atomic E-state index is -1.36. The Labute approximate surface area is 152 Å². The highest BCUT2D eigenvalue weighted by molar-refractivity contribution is 6.04. The summed E-state index contributed by atoms with van der Waals surface area (Å²) in [6, 6.07) is 13.1. The number of carboxylic acid groups (broad SMARTS) is 1. The van der Waals surface area contributed by atoms with Gasteiger partial charge in [0.1, 0.15) is 12.4 Å². The first-order valence-electron chi connectivity index (χ1n) is 7.79. The van der Waals surface area contributed by atoms with Gasteiger partial charge in [0.15, 0.2) is 5.69 Å². The van der Waals surface area contributed by atoms with Crippen LogP contribution in [0.2, 0.25) is 0 Å². The normalized spacial score (nSPS) is 10.8. The minimum Gasteiger partial charge on any atom is -0.546 e. The van der Waals surface area contributed by atoms with Crippen LogP contribution in [0.25, 0.3) is 10.8 Å². The average Bonchev–Trinajstić information content (AvgIpc) is 2.67. The second-order valence-corrected chi connectivity index (χ2v) is 5.34. The van der Waals surface area contributed by atoms with E-state index in [4.69, 9.17) is 4.74 Å². The second-order valence-electron chi connectivity index (χ2n) is 5.34. The van der Waals surface area contributed by atoms with Crippen LogP contribution < -0.4 is 20.8 Å². The number of nitrogens with zero attached hydrogens (tertiary/aromatic N) is 2. The highest BCUT2D eigenvalue weighted by Crippen LogP contribution is 2.16. The molecule has 136 valence electrons. The number of H-pyrrole nitrogens is 1. The van der Waals surface area contributed by atoms with E-state index in [1.165, 1.54) is 6.21 Å². The number of carbonyl (C=O) groups excluding carboxylic acids is 2. The molecular formula is C18H13N4O5-. The molecule has 0 fully saturated rings. The maximum Gasteiger partial charge on any atom is 0.292 e. The van der Waals surface area contributed by atoms with E-state index in [-0.39, 0.29) is 11.4 Å². The molecule has 9 heteroatoms. The van der Waals surface area contributed by atoms with Gasteiger partial charge in [-0.25, -0.2) is 10.5 Å². The second kappa shape index (κ2) is 7.91. The number of aromatic nitrogens is 2. The zero-order chi connectivity index (χ0) is 19.2. The molecule has 2 aromatic carbocycles. The van der Waals surface area contributed by atoms with E-state index >= 15 is 0 Å². The van der Waals surface area contributed by atoms with E-state index in [0.29, 0.717) is 16.3 Å². The number of aliphatic carboxylic acids is 1. The molecule has 3 rings (SSSR count). The predicted octanol–water partition coefficient (Wildman–Crippen LogP) is -0.184. The molecule has 3 aromatic rings. The number of para-hydroxylation sites is 1. The number of carboxylic acids is 1. The van der Waals surface area contributed by atoms with Crippen molar-refractivity contribution in [3.63, 3.8) is 0 Å². The van der Waals surface area contributed by atoms with Crippen LogP contribution in [0.5, 0.6) is 5.75 Å². The third-order valence-corrected chi connectivity index (χ3v) is 3.55. The average molecular weight is 365 g/mol. The summed E-state index contributed by atoms with van der Waals surface area (Å²) in [6.45, 7) is -0.607. The number of nitrogens with one attached hydrogen (secondary N) is 2. The smallest absolute Gasteiger partial charge is 0.292 e. The number of hydrogen-bond donors (Lipinski definition) is 2. The van der Waals surface area contributed by atoms with Crippen LogP contribution in [0.3, 0.4) is 0 Å². The Bertz CT molecular complexity index is 1090. The first-order valence-corrected chi connectivity index (χ1v) is 7.79. The Kier molecular flexibility index (Phi) is 5.22. The van der Waals surface area contributed by atoms with Gasteiger partial charge in [0.2, 0.25) is 0 Å². The molecular weight excluding hydrogens is 352 g/mol. The number of aromatic amines is 1. The molecule has 0 saturated heterocycles. The van der Waals surface area contributed by atoms with Gasteiger partial charge in [-0.2, -0.15) is 10.2 Å². The number of hydrazone groups is 1. The number of amides is 1. The fraction of sp³-hybridized carbons (Fsp3) is 0.0556. The largest absolute Gasteiger partial charge is 0.546 e. The number of rotatable bonds is 6. The lowest BCUT2D eigenvalue weighted by Gasteiger charge is -2.09. The van der Waals surface area contributed by atoms with E-state index in [0.717, 1.165) is 0 Å². The van der Waals surface area contributed by atoms with Crippen molar-refractivity contribution in [1.82, 2.24) is 15.6 Å². The van der Waals surface area contributed by atoms with Gasteiger partial charge in [-0.1, -0.05) is 30.3 Å². The van der Waals surface area contributed by atoms with Crippen molar-refractivity contribution >= 4 is 28.9 Å². The van der Waals surface area contributed by atoms with Crippen molar-refractivity contribution in [3.8, 4) is 5.75 Å². The van der Waals surface area contributed by atoms with Crippen molar-refractivity contribution in [2.75, 3.05) is 6.61 Å². The van der Waals surface area contributed by atoms with E-state index < -0.39 is 24.0 Å². The number of benzene rings is 2. The van der Waals surface area contributed by atoms with Crippen LogP contribution in [0.4, 0.5) is 0 Å². The fourth-order valence-electron chi connectivity index (χ4n) is 2.36. The van der Waals surface area contributed by atoms with Gasteiger partial charge in [-0.05, 0) is 18.2 Å². The number of carbonyl (C=O) groups is 2. The van der Waals surface area contributed by atoms with Crippen molar-refractivity contribution in [1.29, 1.82) is 0 Å². The van der Waals surface area contributed by atoms with Crippen molar-refractivity contribution in [3.05, 3.63) is 70.1 Å². The van der Waals surface area contributed by atoms with Gasteiger partial charge in [-0.3, -0.25) is 9.59 Å². The van der Waals surface area contributed by atoms with Crippen LogP contribution in [-0.4, -0.2) is 34.9 Å². The molecule has 0 aliphatic rings. The highest BCUT2D eigenvalue weighted by Gasteiger charge is 2.13. The van der Waals surface area contributed by atoms with Gasteiger partial charge in [0.05, 0.1) is 17.6 Å². The molecule has 27 heavy (non-hydrogen) atoms. The molecule has 0 aliphatic heterocycles. The Balaban J connectivity index is 1.78. The molecule has 9 nitrogen and oxygen atoms in total. The maximum atomic E-state index is 12.3. The summed E-state index contributed by atoms with van der Waals surface area (Å²) >= 11 is 0. The summed E-state index contributed by atoms with van der Waals surface area (Å²) in [5.74, 6) is -1.70. The molecule has 0 atom stereocenters. The fourth-order valence-corrected chi connectivity index (χ4v) is 2.36. The van der Waals surface area contributed by atoms with Crippen LogP contribution in [0, 0.1) is 0 Å². The van der Waals surface area contributed by atoms with E-state index in [2.05, 4.69) is 20.7 Å². The van der Waals surface area contributed by atoms with Crippen LogP contribution in [0.15, 0.2) is 58.4 Å². The Morgan fingerprint density at radius 3 is 2.63 bits per heavy atom. The molecule has 0 spiro atoms. The lowest BCUT2D eigenvalue weighted by atomic mass is 10.1. The molecule has 1 amide bonds. The summed E-state index contributed by atoms with van der Waals surface area (Å²) in [5, 5.41) is 21.1. The SMILES string of the molecule is O=C([O-])COc1ccccc1/C=N\NC(=O)c1n[nH]c(=O)c2ccccc12. The first kappa shape index (κ1) is 17.8. The standard InChI is InChI=1S/C18H14N4O5/c23-15(24)10-27-14-8-4-1-5-11(14)9-19-21-18(26)16-12-6-2-3-7-13(12)17(25)22-20-16/h1-9H,10H2,(H,21,26)(H,22,25)(H,23,24)/p-1/b19-9-. The summed E-state index contributed by atoms with van der Waals surface area (Å²) in [5.41, 5.74) is 2.39. The number of hydrogen-bond acceptors (Lipinski definition) is 7. The minimum absolute atomic E-state index is 0.0174. The Morgan fingerprint density at radius 2 is 1.85 bits per heavy atom. The van der Waals surface area contributed by atoms with Gasteiger partial charge >= 0.3 is 0 Å². The number of ether oxygens (including phenoxy) is 1. The molecule has 1 heterocycles. The first-order chi connectivity index (χ1) is 13.1. The van der Waals surface area contributed by atoms with Crippen LogP contribution in [0.1, 0.15) is 16.1 Å². The van der Waals surface area contributed by atoms with E-state index in [1.54, 1.807) is 48.5 Å². The lowest BCUT2D eigenvalue weighted by Crippen LogP contribution is -2.29. The summed E-state index contributed by atoms with van der Waals surface area (Å²) in [7, 11) is 0. The monoisotopic (exact) mass is 365 g/mol. The molecule has 1 aromatic heterocycles. The van der Waals surface area contributed by atoms with Gasteiger partial charge < -0.3 is 14.6 Å². The van der Waals surface area contributed by atoms with Crippen LogP contribution >= 0.6 is 0 Å². The third-order valence-electron chi connectivity index (χ3n) is 3.55. The van der Waals surface area contributed by atoms with Crippen LogP contribution in [-0.2, 0) is 4.79 Å². The van der Waals surface area contributed by atoms with Crippen molar-refractivity contribution < 1.29 is 19.4 Å². The van der Waals surface area contributed by atoms with Crippen molar-refractivity contribution in [2.24, 2.45) is 5.10 Å². The van der Waals surface area contributed by atoms with E-state index in [9.17, 15) is 19.5 Å². The molecule has 0 bridgehead atoms. The molecule has 0 saturated carbocycles. The van der Waals surface area contributed by atoms with Crippen molar-refractivity contribution in [2.45, 2.75) is 0 Å². The van der Waals surface area contributed by atoms with Gasteiger partial charge in [0, 0.05) is 10.9 Å². The zero-order valence-corrected chi connectivity index (χ0v) is 13.8. The van der Waals surface area contributed by atoms with Gasteiger partial charge in [0.25, 0.3) is 11.5 Å². The molecule has 0 unspecified atom stereocenters. The number of fused-ring (bicyclic) bond motifs is 1. The third kappa shape index (κ3) is 4.15. The molecule has 0 aliphatic carbocycles. The Morgan fingerprint density at radius 1 is 1.15 bits per heavy atom. The van der Waals surface area contributed by atoms with E-state index in [1.807, 2.05) is 0 Å². The lowest BCUT2D eigenvalue weighted by molar-refractivity contribution is -0.307. The highest BCUT2D eigenvalue weighted by atomic mass is 16.5. The molecule has 2 N–H and O–H groups in total. The summed E-state index contributed by atoms with van der Waals surface area (Å²) in [4.78, 5) is 34.6. The quantitative estimate of drug-likeness (QED) is 0.459. The molecule has 0 radical (unpaired) electrons. The maximum absolute atomic E-state index is 12.3. The predicted molar refractivity (Wildman–Crippen MR) is 94.4 cm³/mol.